The Kier molecular flexibility index (Phi) is 4.21. The molecule has 3 unspecified atom stereocenters. The van der Waals surface area contributed by atoms with Gasteiger partial charge in [-0.3, -0.25) is 0 Å². The van der Waals surface area contributed by atoms with Gasteiger partial charge in [-0.05, 0) is 67.3 Å². The first-order valence-corrected chi connectivity index (χ1v) is 7.81. The first-order valence-electron chi connectivity index (χ1n) is 7.81. The Bertz CT molecular complexity index is 321. The Morgan fingerprint density at radius 1 is 1.28 bits per heavy atom. The molecule has 0 aromatic carbocycles. The molecule has 2 aliphatic carbocycles. The molecule has 2 rings (SSSR count). The summed E-state index contributed by atoms with van der Waals surface area (Å²) in [6.07, 6.45) is 7.73. The third-order valence-corrected chi connectivity index (χ3v) is 6.17. The number of hydrogen-bond donors (Lipinski definition) is 1. The Hall–Kier alpha value is -0.300. The Morgan fingerprint density at radius 2 is 2.00 bits per heavy atom. The summed E-state index contributed by atoms with van der Waals surface area (Å²) in [5.41, 5.74) is 3.38. The lowest BCUT2D eigenvalue weighted by Crippen LogP contribution is -2.42. The van der Waals surface area contributed by atoms with Crippen LogP contribution in [0, 0.1) is 23.2 Å². The van der Waals surface area contributed by atoms with Crippen LogP contribution in [0.3, 0.4) is 0 Å². The van der Waals surface area contributed by atoms with Gasteiger partial charge in [0.2, 0.25) is 0 Å². The van der Waals surface area contributed by atoms with E-state index in [1.165, 1.54) is 37.7 Å². The molecule has 0 heterocycles. The van der Waals surface area contributed by atoms with E-state index in [2.05, 4.69) is 27.7 Å². The van der Waals surface area contributed by atoms with E-state index >= 15 is 0 Å². The van der Waals surface area contributed by atoms with Crippen molar-refractivity contribution in [1.29, 1.82) is 0 Å². The maximum absolute atomic E-state index is 9.50. The fraction of sp³-hybridized carbons (Fsp3) is 0.882. The molecule has 0 spiro atoms. The zero-order chi connectivity index (χ0) is 13.3. The van der Waals surface area contributed by atoms with Gasteiger partial charge < -0.3 is 5.11 Å². The second-order valence-corrected chi connectivity index (χ2v) is 7.13. The van der Waals surface area contributed by atoms with Crippen LogP contribution in [0.15, 0.2) is 11.1 Å². The molecule has 0 radical (unpaired) electrons. The Morgan fingerprint density at radius 3 is 2.61 bits per heavy atom. The summed E-state index contributed by atoms with van der Waals surface area (Å²) in [6, 6.07) is 0. The predicted octanol–water partition coefficient (Wildman–Crippen LogP) is 4.56. The van der Waals surface area contributed by atoms with Crippen molar-refractivity contribution in [3.8, 4) is 0 Å². The molecule has 1 N–H and O–H groups in total. The van der Waals surface area contributed by atoms with Crippen LogP contribution in [-0.4, -0.2) is 11.7 Å². The molecule has 2 fully saturated rings. The summed E-state index contributed by atoms with van der Waals surface area (Å²) in [7, 11) is 0. The van der Waals surface area contributed by atoms with Crippen LogP contribution in [0.1, 0.15) is 66.2 Å². The minimum Gasteiger partial charge on any atom is -0.392 e. The normalized spacial score (nSPS) is 38.2. The molecule has 0 aromatic rings. The summed E-state index contributed by atoms with van der Waals surface area (Å²) in [4.78, 5) is 0. The van der Waals surface area contributed by atoms with Crippen LogP contribution >= 0.6 is 0 Å². The van der Waals surface area contributed by atoms with E-state index < -0.39 is 0 Å². The van der Waals surface area contributed by atoms with Gasteiger partial charge in [0.15, 0.2) is 0 Å². The average molecular weight is 250 g/mol. The van der Waals surface area contributed by atoms with Crippen LogP contribution in [-0.2, 0) is 0 Å². The molecular formula is C17H30O. The van der Waals surface area contributed by atoms with E-state index in [1.807, 2.05) is 0 Å². The number of allylic oxidation sites excluding steroid dienone is 1. The lowest BCUT2D eigenvalue weighted by molar-refractivity contribution is 0.00682. The van der Waals surface area contributed by atoms with Gasteiger partial charge in [-0.2, -0.15) is 0 Å². The highest BCUT2D eigenvalue weighted by molar-refractivity contribution is 5.19. The number of aliphatic hydroxyl groups is 1. The van der Waals surface area contributed by atoms with E-state index in [0.717, 1.165) is 24.2 Å². The maximum atomic E-state index is 9.50. The van der Waals surface area contributed by atoms with E-state index in [-0.39, 0.29) is 6.61 Å². The van der Waals surface area contributed by atoms with Gasteiger partial charge in [-0.1, -0.05) is 33.3 Å². The molecule has 0 amide bonds. The summed E-state index contributed by atoms with van der Waals surface area (Å²) in [5.74, 6) is 2.63. The first kappa shape index (κ1) is 14.1. The molecule has 0 aliphatic heterocycles. The van der Waals surface area contributed by atoms with Gasteiger partial charge in [0.05, 0.1) is 6.61 Å². The largest absolute Gasteiger partial charge is 0.392 e. The third kappa shape index (κ3) is 2.39. The highest BCUT2D eigenvalue weighted by atomic mass is 16.3. The third-order valence-electron chi connectivity index (χ3n) is 6.17. The Balaban J connectivity index is 2.21. The van der Waals surface area contributed by atoms with E-state index in [9.17, 15) is 5.11 Å². The lowest BCUT2D eigenvalue weighted by atomic mass is 9.54. The van der Waals surface area contributed by atoms with Crippen molar-refractivity contribution in [2.24, 2.45) is 23.2 Å². The molecule has 3 atom stereocenters. The zero-order valence-corrected chi connectivity index (χ0v) is 12.6. The molecular weight excluding hydrogens is 220 g/mol. The molecule has 0 aromatic heterocycles. The number of rotatable bonds is 2. The Labute approximate surface area is 113 Å². The second kappa shape index (κ2) is 5.36. The van der Waals surface area contributed by atoms with Crippen molar-refractivity contribution >= 4 is 0 Å². The van der Waals surface area contributed by atoms with Crippen molar-refractivity contribution in [3.63, 3.8) is 0 Å². The van der Waals surface area contributed by atoms with E-state index in [4.69, 9.17) is 0 Å². The molecule has 2 saturated carbocycles. The zero-order valence-electron chi connectivity index (χ0n) is 12.6. The fourth-order valence-electron chi connectivity index (χ4n) is 4.31. The van der Waals surface area contributed by atoms with Gasteiger partial charge in [-0.15, -0.1) is 0 Å². The van der Waals surface area contributed by atoms with Crippen molar-refractivity contribution in [2.75, 3.05) is 6.61 Å². The van der Waals surface area contributed by atoms with Crippen LogP contribution in [0.5, 0.6) is 0 Å². The summed E-state index contributed by atoms with van der Waals surface area (Å²) in [5, 5.41) is 9.50. The molecule has 2 aliphatic rings. The summed E-state index contributed by atoms with van der Waals surface area (Å²) < 4.78 is 0. The molecule has 0 saturated heterocycles. The highest BCUT2D eigenvalue weighted by Crippen LogP contribution is 2.54. The van der Waals surface area contributed by atoms with Crippen LogP contribution in [0.4, 0.5) is 0 Å². The molecule has 1 heteroatoms. The second-order valence-electron chi connectivity index (χ2n) is 7.13. The first-order chi connectivity index (χ1) is 8.50. The predicted molar refractivity (Wildman–Crippen MR) is 77.4 cm³/mol. The minimum absolute atomic E-state index is 0.277. The van der Waals surface area contributed by atoms with Gasteiger partial charge in [0.25, 0.3) is 0 Å². The fourth-order valence-corrected chi connectivity index (χ4v) is 4.31. The van der Waals surface area contributed by atoms with Crippen molar-refractivity contribution in [2.45, 2.75) is 66.2 Å². The number of fused-ring (bicyclic) bond motifs is 1. The van der Waals surface area contributed by atoms with Crippen molar-refractivity contribution < 1.29 is 5.11 Å². The van der Waals surface area contributed by atoms with E-state index in [0.29, 0.717) is 5.41 Å². The monoisotopic (exact) mass is 250 g/mol. The molecule has 18 heavy (non-hydrogen) atoms. The van der Waals surface area contributed by atoms with Crippen LogP contribution < -0.4 is 0 Å². The SMILES string of the molecule is CCC(CO)=C1CCC2CCC(C)C(C)(C)C2C1. The standard InChI is InChI=1S/C17H30O/c1-5-13(11-18)15-9-8-14-7-6-12(2)17(3,4)16(14)10-15/h12,14,16,18H,5-11H2,1-4H3. The van der Waals surface area contributed by atoms with E-state index in [1.54, 1.807) is 5.57 Å². The molecule has 104 valence electrons. The number of aliphatic hydroxyl groups excluding tert-OH is 1. The van der Waals surface area contributed by atoms with Crippen molar-refractivity contribution in [1.82, 2.24) is 0 Å². The summed E-state index contributed by atoms with van der Waals surface area (Å²) >= 11 is 0. The smallest absolute Gasteiger partial charge is 0.0644 e. The number of hydrogen-bond acceptors (Lipinski definition) is 1. The van der Waals surface area contributed by atoms with Gasteiger partial charge in [-0.25, -0.2) is 0 Å². The maximum Gasteiger partial charge on any atom is 0.0644 e. The lowest BCUT2D eigenvalue weighted by Gasteiger charge is -2.51. The minimum atomic E-state index is 0.277. The quantitative estimate of drug-likeness (QED) is 0.712. The van der Waals surface area contributed by atoms with Gasteiger partial charge >= 0.3 is 0 Å². The van der Waals surface area contributed by atoms with Gasteiger partial charge in [0, 0.05) is 0 Å². The summed E-state index contributed by atoms with van der Waals surface area (Å²) in [6.45, 7) is 9.84. The molecule has 0 bridgehead atoms. The van der Waals surface area contributed by atoms with Gasteiger partial charge in [0.1, 0.15) is 0 Å². The average Bonchev–Trinajstić information content (AvgIpc) is 2.36. The topological polar surface area (TPSA) is 20.2 Å². The van der Waals surface area contributed by atoms with Crippen LogP contribution in [0.2, 0.25) is 0 Å². The highest BCUT2D eigenvalue weighted by Gasteiger charge is 2.44. The van der Waals surface area contributed by atoms with Crippen molar-refractivity contribution in [3.05, 3.63) is 11.1 Å². The molecule has 1 nitrogen and oxygen atoms in total. The van der Waals surface area contributed by atoms with Crippen LogP contribution in [0.25, 0.3) is 0 Å².